The first-order valence-corrected chi connectivity index (χ1v) is 7.96. The highest BCUT2D eigenvalue weighted by Crippen LogP contribution is 2.20. The van der Waals surface area contributed by atoms with Crippen molar-refractivity contribution in [1.82, 2.24) is 10.2 Å². The minimum Gasteiger partial charge on any atom is -0.491 e. The maximum Gasteiger partial charge on any atom is 0.220 e. The van der Waals surface area contributed by atoms with Gasteiger partial charge in [0.1, 0.15) is 18.5 Å². The SMILES string of the molecule is CNC(=O)CC1CCN(CC(O)COc2ccccc2)CC1. The number of hydrogen-bond donors (Lipinski definition) is 2. The minimum absolute atomic E-state index is 0.120. The number of rotatable bonds is 7. The monoisotopic (exact) mass is 306 g/mol. The van der Waals surface area contributed by atoms with Crippen LogP contribution in [0.15, 0.2) is 30.3 Å². The van der Waals surface area contributed by atoms with Crippen molar-refractivity contribution in [1.29, 1.82) is 0 Å². The molecule has 0 aliphatic carbocycles. The number of likely N-dealkylation sites (tertiary alicyclic amines) is 1. The van der Waals surface area contributed by atoms with E-state index in [4.69, 9.17) is 4.74 Å². The molecule has 1 aliphatic rings. The number of aliphatic hydroxyl groups excluding tert-OH is 1. The van der Waals surface area contributed by atoms with Crippen molar-refractivity contribution in [2.24, 2.45) is 5.92 Å². The average Bonchev–Trinajstić information content (AvgIpc) is 2.55. The van der Waals surface area contributed by atoms with Gasteiger partial charge in [-0.3, -0.25) is 4.79 Å². The zero-order valence-electron chi connectivity index (χ0n) is 13.2. The van der Waals surface area contributed by atoms with Gasteiger partial charge in [0, 0.05) is 20.0 Å². The van der Waals surface area contributed by atoms with E-state index in [0.717, 1.165) is 31.7 Å². The molecular weight excluding hydrogens is 280 g/mol. The summed E-state index contributed by atoms with van der Waals surface area (Å²) in [7, 11) is 1.68. The van der Waals surface area contributed by atoms with Crippen LogP contribution in [0.1, 0.15) is 19.3 Å². The van der Waals surface area contributed by atoms with Crippen LogP contribution in [-0.2, 0) is 4.79 Å². The van der Waals surface area contributed by atoms with E-state index < -0.39 is 6.10 Å². The third-order valence-electron chi connectivity index (χ3n) is 4.11. The summed E-state index contributed by atoms with van der Waals surface area (Å²) >= 11 is 0. The lowest BCUT2D eigenvalue weighted by Crippen LogP contribution is -2.41. The molecule has 1 saturated heterocycles. The summed E-state index contributed by atoms with van der Waals surface area (Å²) in [6.07, 6.45) is 2.15. The Morgan fingerprint density at radius 3 is 2.68 bits per heavy atom. The fraction of sp³-hybridized carbons (Fsp3) is 0.588. The van der Waals surface area contributed by atoms with Crippen molar-refractivity contribution in [3.8, 4) is 5.75 Å². The Kier molecular flexibility index (Phi) is 6.68. The molecule has 2 N–H and O–H groups in total. The van der Waals surface area contributed by atoms with Crippen molar-refractivity contribution in [3.63, 3.8) is 0 Å². The lowest BCUT2D eigenvalue weighted by molar-refractivity contribution is -0.121. The average molecular weight is 306 g/mol. The first-order chi connectivity index (χ1) is 10.7. The molecule has 1 aliphatic heterocycles. The molecule has 0 bridgehead atoms. The Morgan fingerprint density at radius 1 is 1.36 bits per heavy atom. The van der Waals surface area contributed by atoms with Gasteiger partial charge in [0.25, 0.3) is 0 Å². The molecule has 0 spiro atoms. The summed E-state index contributed by atoms with van der Waals surface area (Å²) in [6, 6.07) is 9.54. The first-order valence-electron chi connectivity index (χ1n) is 7.96. The quantitative estimate of drug-likeness (QED) is 0.796. The van der Waals surface area contributed by atoms with E-state index in [9.17, 15) is 9.90 Å². The highest BCUT2D eigenvalue weighted by atomic mass is 16.5. The second kappa shape index (κ2) is 8.76. The Morgan fingerprint density at radius 2 is 2.05 bits per heavy atom. The number of amides is 1. The van der Waals surface area contributed by atoms with E-state index in [2.05, 4.69) is 10.2 Å². The Hall–Kier alpha value is -1.59. The molecule has 1 aromatic carbocycles. The number of para-hydroxylation sites is 1. The molecule has 5 heteroatoms. The van der Waals surface area contributed by atoms with Crippen molar-refractivity contribution in [2.45, 2.75) is 25.4 Å². The molecule has 0 saturated carbocycles. The van der Waals surface area contributed by atoms with Gasteiger partial charge in [-0.25, -0.2) is 0 Å². The highest BCUT2D eigenvalue weighted by molar-refractivity contribution is 5.75. The smallest absolute Gasteiger partial charge is 0.220 e. The van der Waals surface area contributed by atoms with Gasteiger partial charge in [-0.2, -0.15) is 0 Å². The molecule has 0 aromatic heterocycles. The number of ether oxygens (including phenoxy) is 1. The van der Waals surface area contributed by atoms with Crippen LogP contribution in [0.25, 0.3) is 0 Å². The van der Waals surface area contributed by atoms with E-state index in [0.29, 0.717) is 25.5 Å². The molecular formula is C17H26N2O3. The number of nitrogens with one attached hydrogen (secondary N) is 1. The van der Waals surface area contributed by atoms with Gasteiger partial charge in [-0.05, 0) is 44.0 Å². The van der Waals surface area contributed by atoms with E-state index in [-0.39, 0.29) is 5.91 Å². The van der Waals surface area contributed by atoms with Gasteiger partial charge in [0.15, 0.2) is 0 Å². The van der Waals surface area contributed by atoms with Crippen molar-refractivity contribution in [3.05, 3.63) is 30.3 Å². The predicted molar refractivity (Wildman–Crippen MR) is 85.8 cm³/mol. The lowest BCUT2D eigenvalue weighted by Gasteiger charge is -2.32. The minimum atomic E-state index is -0.490. The number of hydrogen-bond acceptors (Lipinski definition) is 4. The maximum atomic E-state index is 11.4. The molecule has 22 heavy (non-hydrogen) atoms. The molecule has 1 atom stereocenters. The summed E-state index contributed by atoms with van der Waals surface area (Å²) in [4.78, 5) is 13.6. The molecule has 1 fully saturated rings. The Bertz CT molecular complexity index is 444. The third-order valence-corrected chi connectivity index (χ3v) is 4.11. The summed E-state index contributed by atoms with van der Waals surface area (Å²) < 4.78 is 5.57. The van der Waals surface area contributed by atoms with Gasteiger partial charge < -0.3 is 20.1 Å². The normalized spacial score (nSPS) is 17.9. The van der Waals surface area contributed by atoms with Gasteiger partial charge in [0.05, 0.1) is 0 Å². The standard InChI is InChI=1S/C17H26N2O3/c1-18-17(21)11-14-7-9-19(10-8-14)12-15(20)13-22-16-5-3-2-4-6-16/h2-6,14-15,20H,7-13H2,1H3,(H,18,21). The second-order valence-corrected chi connectivity index (χ2v) is 5.90. The predicted octanol–water partition coefficient (Wildman–Crippen LogP) is 1.27. The fourth-order valence-electron chi connectivity index (χ4n) is 2.80. The fourth-order valence-corrected chi connectivity index (χ4v) is 2.80. The van der Waals surface area contributed by atoms with Gasteiger partial charge in [-0.1, -0.05) is 18.2 Å². The number of β-amino-alcohol motifs (C(OH)–C–C–N with tert-alkyl or cyclic N) is 1. The highest BCUT2D eigenvalue weighted by Gasteiger charge is 2.22. The summed E-state index contributed by atoms with van der Waals surface area (Å²) in [5.74, 6) is 1.37. The second-order valence-electron chi connectivity index (χ2n) is 5.90. The van der Waals surface area contributed by atoms with E-state index in [1.165, 1.54) is 0 Å². The van der Waals surface area contributed by atoms with Crippen LogP contribution in [0.5, 0.6) is 5.75 Å². The van der Waals surface area contributed by atoms with Crippen LogP contribution < -0.4 is 10.1 Å². The van der Waals surface area contributed by atoms with Crippen molar-refractivity contribution in [2.75, 3.05) is 33.3 Å². The number of carbonyl (C=O) groups is 1. The van der Waals surface area contributed by atoms with E-state index in [1.54, 1.807) is 7.05 Å². The lowest BCUT2D eigenvalue weighted by atomic mass is 9.93. The maximum absolute atomic E-state index is 11.4. The molecule has 122 valence electrons. The molecule has 1 amide bonds. The first kappa shape index (κ1) is 16.8. The van der Waals surface area contributed by atoms with Crippen LogP contribution in [0, 0.1) is 5.92 Å². The van der Waals surface area contributed by atoms with Crippen molar-refractivity contribution < 1.29 is 14.6 Å². The number of aliphatic hydroxyl groups is 1. The number of nitrogens with zero attached hydrogens (tertiary/aromatic N) is 1. The molecule has 1 heterocycles. The van der Waals surface area contributed by atoms with Gasteiger partial charge in [0.2, 0.25) is 5.91 Å². The molecule has 0 radical (unpaired) electrons. The Balaban J connectivity index is 1.64. The largest absolute Gasteiger partial charge is 0.491 e. The molecule has 1 aromatic rings. The summed E-state index contributed by atoms with van der Waals surface area (Å²) in [5.41, 5.74) is 0. The molecule has 1 unspecified atom stereocenters. The van der Waals surface area contributed by atoms with Gasteiger partial charge in [-0.15, -0.1) is 0 Å². The van der Waals surface area contributed by atoms with Crippen molar-refractivity contribution >= 4 is 5.91 Å². The summed E-state index contributed by atoms with van der Waals surface area (Å²) in [5, 5.41) is 12.8. The number of benzene rings is 1. The molecule has 2 rings (SSSR count). The zero-order chi connectivity index (χ0) is 15.8. The van der Waals surface area contributed by atoms with E-state index >= 15 is 0 Å². The van der Waals surface area contributed by atoms with Crippen LogP contribution in [0.3, 0.4) is 0 Å². The van der Waals surface area contributed by atoms with Crippen LogP contribution in [-0.4, -0.2) is 55.3 Å². The van der Waals surface area contributed by atoms with Crippen LogP contribution >= 0.6 is 0 Å². The van der Waals surface area contributed by atoms with Crippen LogP contribution in [0.2, 0.25) is 0 Å². The third kappa shape index (κ3) is 5.66. The topological polar surface area (TPSA) is 61.8 Å². The van der Waals surface area contributed by atoms with Crippen LogP contribution in [0.4, 0.5) is 0 Å². The number of carbonyl (C=O) groups excluding carboxylic acids is 1. The Labute approximate surface area is 132 Å². The van der Waals surface area contributed by atoms with E-state index in [1.807, 2.05) is 30.3 Å². The van der Waals surface area contributed by atoms with Gasteiger partial charge >= 0.3 is 0 Å². The molecule has 5 nitrogen and oxygen atoms in total. The summed E-state index contributed by atoms with van der Waals surface area (Å²) in [6.45, 7) is 2.80. The zero-order valence-corrected chi connectivity index (χ0v) is 13.2. The number of piperidine rings is 1.